The fourth-order valence-electron chi connectivity index (χ4n) is 2.15. The molecule has 0 saturated heterocycles. The summed E-state index contributed by atoms with van der Waals surface area (Å²) in [6.45, 7) is 0.212. The van der Waals surface area contributed by atoms with Gasteiger partial charge in [-0.05, 0) is 12.5 Å². The van der Waals surface area contributed by atoms with Gasteiger partial charge in [-0.2, -0.15) is 0 Å². The summed E-state index contributed by atoms with van der Waals surface area (Å²) in [5, 5.41) is 29.6. The molecule has 1 unspecified atom stereocenters. The molecule has 2 atom stereocenters. The Balaban J connectivity index is 2.11. The van der Waals surface area contributed by atoms with Gasteiger partial charge < -0.3 is 19.5 Å². The van der Waals surface area contributed by atoms with Crippen molar-refractivity contribution >= 4 is 16.7 Å². The number of methoxy groups -OCH3 is 1. The van der Waals surface area contributed by atoms with Gasteiger partial charge in [-0.3, -0.25) is 10.1 Å². The van der Waals surface area contributed by atoms with E-state index < -0.39 is 17.1 Å². The Bertz CT molecular complexity index is 623. The Labute approximate surface area is 120 Å². The Morgan fingerprint density at radius 1 is 1.52 bits per heavy atom. The summed E-state index contributed by atoms with van der Waals surface area (Å²) in [7, 11) is 1.43. The zero-order chi connectivity index (χ0) is 15.4. The fourth-order valence-corrected chi connectivity index (χ4v) is 2.15. The molecular weight excluding hydrogens is 278 g/mol. The normalized spacial score (nSPS) is 14.2. The van der Waals surface area contributed by atoms with Crippen LogP contribution in [0.25, 0.3) is 11.0 Å². The zero-order valence-corrected chi connectivity index (χ0v) is 11.5. The molecule has 0 aliphatic rings. The number of fused-ring (bicyclic) bond motifs is 1. The molecule has 2 rings (SSSR count). The molecule has 21 heavy (non-hydrogen) atoms. The summed E-state index contributed by atoms with van der Waals surface area (Å²) < 4.78 is 6.76. The summed E-state index contributed by atoms with van der Waals surface area (Å²) in [6, 6.07) is 4.46. The molecule has 0 saturated carbocycles. The van der Waals surface area contributed by atoms with Crippen LogP contribution >= 0.6 is 0 Å². The van der Waals surface area contributed by atoms with Crippen molar-refractivity contribution in [3.63, 3.8) is 0 Å². The van der Waals surface area contributed by atoms with Crippen LogP contribution in [0.1, 0.15) is 6.42 Å². The number of aryl methyl sites for hydroxylation is 1. The third-order valence-corrected chi connectivity index (χ3v) is 3.39. The number of ether oxygens (including phenoxy) is 1. The predicted octanol–water partition coefficient (Wildman–Crippen LogP) is 0.703. The van der Waals surface area contributed by atoms with Crippen LogP contribution in [0.2, 0.25) is 0 Å². The molecule has 8 heteroatoms. The highest BCUT2D eigenvalue weighted by molar-refractivity contribution is 5.77. The van der Waals surface area contributed by atoms with Gasteiger partial charge in [0.2, 0.25) is 0 Å². The van der Waals surface area contributed by atoms with Crippen LogP contribution in [0.4, 0.5) is 5.69 Å². The Kier molecular flexibility index (Phi) is 4.84. The number of nitro benzene ring substituents is 1. The molecule has 2 N–H and O–H groups in total. The summed E-state index contributed by atoms with van der Waals surface area (Å²) in [5.41, 5.74) is 1.28. The number of non-ortho nitro benzene ring substituents is 1. The maximum Gasteiger partial charge on any atom is 0.271 e. The first kappa shape index (κ1) is 15.4. The molecule has 0 bridgehead atoms. The molecule has 0 aliphatic carbocycles. The maximum absolute atomic E-state index is 10.7. The first-order valence-corrected chi connectivity index (χ1v) is 6.47. The van der Waals surface area contributed by atoms with Crippen molar-refractivity contribution in [2.75, 3.05) is 13.7 Å². The first-order chi connectivity index (χ1) is 10.1. The quantitative estimate of drug-likeness (QED) is 0.574. The third-order valence-electron chi connectivity index (χ3n) is 3.39. The average Bonchev–Trinajstić information content (AvgIpc) is 2.88. The van der Waals surface area contributed by atoms with Crippen LogP contribution in [0.3, 0.4) is 0 Å². The number of benzene rings is 1. The van der Waals surface area contributed by atoms with E-state index in [-0.39, 0.29) is 12.3 Å². The Hall–Kier alpha value is -2.03. The molecule has 0 spiro atoms. The number of nitrogens with zero attached hydrogens (tertiary/aromatic N) is 3. The minimum absolute atomic E-state index is 0.00693. The van der Waals surface area contributed by atoms with Crippen LogP contribution in [-0.4, -0.2) is 50.6 Å². The van der Waals surface area contributed by atoms with Crippen molar-refractivity contribution in [1.82, 2.24) is 9.55 Å². The van der Waals surface area contributed by atoms with Gasteiger partial charge in [0.15, 0.2) is 0 Å². The molecule has 1 heterocycles. The average molecular weight is 295 g/mol. The smallest absolute Gasteiger partial charge is 0.271 e. The number of aliphatic hydroxyl groups is 2. The van der Waals surface area contributed by atoms with Crippen molar-refractivity contribution in [2.45, 2.75) is 25.2 Å². The lowest BCUT2D eigenvalue weighted by atomic mass is 10.1. The molecule has 2 aromatic rings. The highest BCUT2D eigenvalue weighted by Crippen LogP contribution is 2.20. The van der Waals surface area contributed by atoms with Gasteiger partial charge in [0.05, 0.1) is 35.0 Å². The molecule has 114 valence electrons. The van der Waals surface area contributed by atoms with Crippen molar-refractivity contribution in [3.05, 3.63) is 34.6 Å². The first-order valence-electron chi connectivity index (χ1n) is 6.47. The fraction of sp³-hybridized carbons (Fsp3) is 0.462. The molecular formula is C13H17N3O5. The van der Waals surface area contributed by atoms with Crippen molar-refractivity contribution in [2.24, 2.45) is 0 Å². The minimum atomic E-state index is -0.796. The van der Waals surface area contributed by atoms with Crippen LogP contribution in [0, 0.1) is 10.1 Å². The number of rotatable bonds is 7. The lowest BCUT2D eigenvalue weighted by Crippen LogP contribution is -2.32. The van der Waals surface area contributed by atoms with Gasteiger partial charge in [0, 0.05) is 25.8 Å². The van der Waals surface area contributed by atoms with Crippen LogP contribution in [-0.2, 0) is 11.3 Å². The van der Waals surface area contributed by atoms with E-state index in [0.717, 1.165) is 5.52 Å². The molecule has 0 aliphatic heterocycles. The van der Waals surface area contributed by atoms with Gasteiger partial charge in [-0.25, -0.2) is 4.98 Å². The largest absolute Gasteiger partial charge is 0.394 e. The third kappa shape index (κ3) is 3.35. The number of nitro groups is 1. The molecule has 8 nitrogen and oxygen atoms in total. The van der Waals surface area contributed by atoms with E-state index in [1.807, 2.05) is 0 Å². The lowest BCUT2D eigenvalue weighted by Gasteiger charge is -2.19. The van der Waals surface area contributed by atoms with Crippen LogP contribution < -0.4 is 0 Å². The molecule has 0 fully saturated rings. The van der Waals surface area contributed by atoms with Crippen LogP contribution in [0.5, 0.6) is 0 Å². The second-order valence-corrected chi connectivity index (χ2v) is 4.68. The molecule has 0 radical (unpaired) electrons. The number of hydrogen-bond donors (Lipinski definition) is 2. The van der Waals surface area contributed by atoms with Gasteiger partial charge >= 0.3 is 0 Å². The van der Waals surface area contributed by atoms with Crippen molar-refractivity contribution in [1.29, 1.82) is 0 Å². The zero-order valence-electron chi connectivity index (χ0n) is 11.5. The summed E-state index contributed by atoms with van der Waals surface area (Å²) in [5.74, 6) is 0. The van der Waals surface area contributed by atoms with Crippen molar-refractivity contribution in [3.8, 4) is 0 Å². The number of aromatic nitrogens is 2. The van der Waals surface area contributed by atoms with E-state index in [2.05, 4.69) is 4.98 Å². The number of hydrogen-bond acceptors (Lipinski definition) is 6. The summed E-state index contributed by atoms with van der Waals surface area (Å²) >= 11 is 0. The molecule has 1 aromatic carbocycles. The SMILES string of the molecule is COC(CO)[C@H](O)CCn1cnc2cc([N+](=O)[O-])ccc21. The highest BCUT2D eigenvalue weighted by Gasteiger charge is 2.18. The summed E-state index contributed by atoms with van der Waals surface area (Å²) in [6.07, 6.45) is 0.528. The van der Waals surface area contributed by atoms with Gasteiger partial charge in [-0.15, -0.1) is 0 Å². The van der Waals surface area contributed by atoms with Crippen molar-refractivity contribution < 1.29 is 19.9 Å². The predicted molar refractivity (Wildman–Crippen MR) is 74.9 cm³/mol. The maximum atomic E-state index is 10.7. The van der Waals surface area contributed by atoms with Gasteiger partial charge in [0.1, 0.15) is 6.10 Å². The lowest BCUT2D eigenvalue weighted by molar-refractivity contribution is -0.384. The van der Waals surface area contributed by atoms with E-state index in [9.17, 15) is 15.2 Å². The van der Waals surface area contributed by atoms with E-state index in [0.29, 0.717) is 18.5 Å². The number of imidazole rings is 1. The second-order valence-electron chi connectivity index (χ2n) is 4.68. The minimum Gasteiger partial charge on any atom is -0.394 e. The van der Waals surface area contributed by atoms with E-state index in [4.69, 9.17) is 9.84 Å². The van der Waals surface area contributed by atoms with Gasteiger partial charge in [0.25, 0.3) is 5.69 Å². The summed E-state index contributed by atoms with van der Waals surface area (Å²) in [4.78, 5) is 14.4. The molecule has 1 aromatic heterocycles. The van der Waals surface area contributed by atoms with Crippen LogP contribution in [0.15, 0.2) is 24.5 Å². The standard InChI is InChI=1S/C13H17N3O5/c1-21-13(7-17)12(18)4-5-15-8-14-10-6-9(16(19)20)2-3-11(10)15/h2-3,6,8,12-13,17-18H,4-5,7H2,1H3/t12-,13?/m1/s1. The Morgan fingerprint density at radius 2 is 2.29 bits per heavy atom. The molecule has 0 amide bonds. The van der Waals surface area contributed by atoms with Gasteiger partial charge in [-0.1, -0.05) is 0 Å². The van der Waals surface area contributed by atoms with E-state index in [1.54, 1.807) is 17.0 Å². The highest BCUT2D eigenvalue weighted by atomic mass is 16.6. The topological polar surface area (TPSA) is 111 Å². The van der Waals surface area contributed by atoms with E-state index in [1.165, 1.54) is 19.2 Å². The monoisotopic (exact) mass is 295 g/mol. The second kappa shape index (κ2) is 6.61. The Morgan fingerprint density at radius 3 is 2.90 bits per heavy atom. The van der Waals surface area contributed by atoms with E-state index >= 15 is 0 Å². The number of aliphatic hydroxyl groups excluding tert-OH is 2.